The molecule has 0 aliphatic carbocycles. The van der Waals surface area contributed by atoms with Crippen molar-refractivity contribution in [1.82, 2.24) is 5.32 Å². The molecule has 0 aliphatic rings. The van der Waals surface area contributed by atoms with E-state index in [9.17, 15) is 9.59 Å². The number of hydrogen-bond donors (Lipinski definition) is 1. The Hall–Kier alpha value is -4.96. The maximum absolute atomic E-state index is 11.8. The topological polar surface area (TPSA) is 102 Å². The lowest BCUT2D eigenvalue weighted by Crippen LogP contribution is -2.34. The molecule has 0 saturated carbocycles. The minimum atomic E-state index is -0.570. The molecular weight excluding hydrogens is 598 g/mol. The van der Waals surface area contributed by atoms with Crippen molar-refractivity contribution in [3.05, 3.63) is 88.5 Å². The Morgan fingerprint density at radius 2 is 1.28 bits per heavy atom. The number of rotatable bonds is 15. The highest BCUT2D eigenvalue weighted by Crippen LogP contribution is 2.29. The Labute approximate surface area is 277 Å². The summed E-state index contributed by atoms with van der Waals surface area (Å²) in [6, 6.07) is 18.1. The molecule has 3 aromatic rings. The summed E-state index contributed by atoms with van der Waals surface area (Å²) < 4.78 is 34.0. The first-order chi connectivity index (χ1) is 22.7. The van der Waals surface area contributed by atoms with Crippen LogP contribution in [0.4, 0.5) is 4.79 Å². The normalized spacial score (nSPS) is 10.5. The summed E-state index contributed by atoms with van der Waals surface area (Å²) in [5, 5.41) is 2.66. The minimum Gasteiger partial charge on any atom is -0.497 e. The van der Waals surface area contributed by atoms with Crippen LogP contribution in [0.15, 0.2) is 60.7 Å². The van der Waals surface area contributed by atoms with E-state index in [1.165, 1.54) is 0 Å². The van der Waals surface area contributed by atoms with Gasteiger partial charge < -0.3 is 33.7 Å². The van der Waals surface area contributed by atoms with Crippen LogP contribution in [0.1, 0.15) is 66.7 Å². The van der Waals surface area contributed by atoms with Gasteiger partial charge in [-0.15, -0.1) is 0 Å². The summed E-state index contributed by atoms with van der Waals surface area (Å²) in [6.07, 6.45) is 1.21. The highest BCUT2D eigenvalue weighted by atomic mass is 16.6. The van der Waals surface area contributed by atoms with E-state index in [1.54, 1.807) is 52.1 Å². The van der Waals surface area contributed by atoms with Crippen molar-refractivity contribution in [2.45, 2.75) is 39.7 Å². The van der Waals surface area contributed by atoms with Gasteiger partial charge in [0.25, 0.3) is 0 Å². The lowest BCUT2D eigenvalue weighted by atomic mass is 10.1. The predicted octanol–water partition coefficient (Wildman–Crippen LogP) is 6.03. The largest absolute Gasteiger partial charge is 0.497 e. The highest BCUT2D eigenvalue weighted by Gasteiger charge is 2.15. The van der Waals surface area contributed by atoms with Gasteiger partial charge in [0.15, 0.2) is 0 Å². The van der Waals surface area contributed by atoms with Crippen molar-refractivity contribution in [3.8, 4) is 40.9 Å². The van der Waals surface area contributed by atoms with Gasteiger partial charge in [0, 0.05) is 42.0 Å². The zero-order chi connectivity index (χ0) is 33.9. The van der Waals surface area contributed by atoms with Gasteiger partial charge in [-0.3, -0.25) is 4.79 Å². The molecule has 0 heterocycles. The summed E-state index contributed by atoms with van der Waals surface area (Å²) in [5.41, 5.74) is 2.76. The third kappa shape index (κ3) is 13.9. The monoisotopic (exact) mass is 641 g/mol. The molecule has 248 valence electrons. The van der Waals surface area contributed by atoms with Crippen LogP contribution in [-0.4, -0.2) is 71.3 Å². The Morgan fingerprint density at radius 3 is 1.77 bits per heavy atom. The van der Waals surface area contributed by atoms with Gasteiger partial charge in [-0.2, -0.15) is 0 Å². The second kappa shape index (κ2) is 19.5. The fourth-order valence-corrected chi connectivity index (χ4v) is 3.90. The molecular formula is C38H43NO8. The SMILES string of the molecule is CCCOCCOc1cc(C#Cc2ccc(C=O)cc2)c(OCCOCCNC(=O)OC(C)(C)C)cc1C#Cc1ccc(OC)cc1. The Bertz CT molecular complexity index is 1550. The number of alkyl carbamates (subject to hydrolysis) is 1. The van der Waals surface area contributed by atoms with E-state index in [0.29, 0.717) is 54.6 Å². The molecule has 1 N–H and O–H groups in total. The number of carbonyl (C=O) groups excluding carboxylic acids is 2. The van der Waals surface area contributed by atoms with Gasteiger partial charge in [-0.05, 0) is 63.6 Å². The molecule has 1 amide bonds. The number of hydrogen-bond acceptors (Lipinski definition) is 8. The van der Waals surface area contributed by atoms with Gasteiger partial charge in [0.05, 0.1) is 38.1 Å². The van der Waals surface area contributed by atoms with Crippen LogP contribution in [0.2, 0.25) is 0 Å². The summed E-state index contributed by atoms with van der Waals surface area (Å²) in [6.45, 7) is 9.98. The van der Waals surface area contributed by atoms with Gasteiger partial charge in [0.1, 0.15) is 42.3 Å². The van der Waals surface area contributed by atoms with Crippen LogP contribution in [0.5, 0.6) is 17.2 Å². The van der Waals surface area contributed by atoms with Crippen molar-refractivity contribution in [2.75, 3.05) is 53.3 Å². The standard InChI is InChI=1S/C38H43NO8/c1-6-20-43-22-24-45-35-26-32(15-11-29-7-9-31(28-40)10-8-29)36(27-33(35)16-12-30-13-17-34(42-5)18-14-30)46-25-23-44-21-19-39-37(41)47-38(2,3)4/h7-10,13-14,17-18,26-28H,6,19-25H2,1-5H3,(H,39,41). The number of aldehydes is 1. The van der Waals surface area contributed by atoms with Crippen molar-refractivity contribution in [3.63, 3.8) is 0 Å². The number of benzene rings is 3. The molecule has 0 bridgehead atoms. The Morgan fingerprint density at radius 1 is 0.745 bits per heavy atom. The van der Waals surface area contributed by atoms with Crippen LogP contribution in [0, 0.1) is 23.7 Å². The quantitative estimate of drug-likeness (QED) is 0.122. The first-order valence-electron chi connectivity index (χ1n) is 15.5. The molecule has 9 heteroatoms. The second-order valence-corrected chi connectivity index (χ2v) is 11.2. The van der Waals surface area contributed by atoms with E-state index in [2.05, 4.69) is 35.9 Å². The molecule has 0 atom stereocenters. The molecule has 0 aliphatic heterocycles. The van der Waals surface area contributed by atoms with Crippen molar-refractivity contribution in [2.24, 2.45) is 0 Å². The Kier molecular flexibility index (Phi) is 15.2. The molecule has 3 aromatic carbocycles. The lowest BCUT2D eigenvalue weighted by Gasteiger charge is -2.19. The van der Waals surface area contributed by atoms with Gasteiger partial charge in [0.2, 0.25) is 0 Å². The zero-order valence-corrected chi connectivity index (χ0v) is 27.8. The molecule has 3 rings (SSSR count). The Balaban J connectivity index is 1.82. The molecule has 0 aromatic heterocycles. The summed E-state index contributed by atoms with van der Waals surface area (Å²) in [7, 11) is 1.62. The fourth-order valence-electron chi connectivity index (χ4n) is 3.90. The molecule has 47 heavy (non-hydrogen) atoms. The number of carbonyl (C=O) groups is 2. The molecule has 0 saturated heterocycles. The van der Waals surface area contributed by atoms with E-state index in [0.717, 1.165) is 29.6 Å². The van der Waals surface area contributed by atoms with Crippen molar-refractivity contribution >= 4 is 12.4 Å². The average molecular weight is 642 g/mol. The first kappa shape index (κ1) is 36.5. The maximum atomic E-state index is 11.8. The summed E-state index contributed by atoms with van der Waals surface area (Å²) >= 11 is 0. The first-order valence-corrected chi connectivity index (χ1v) is 15.5. The van der Waals surface area contributed by atoms with E-state index in [4.69, 9.17) is 28.4 Å². The third-order valence-corrected chi connectivity index (χ3v) is 6.14. The maximum Gasteiger partial charge on any atom is 0.407 e. The second-order valence-electron chi connectivity index (χ2n) is 11.2. The number of amides is 1. The molecule has 0 unspecified atom stereocenters. The van der Waals surface area contributed by atoms with E-state index in [-0.39, 0.29) is 19.8 Å². The van der Waals surface area contributed by atoms with Crippen LogP contribution in [0.3, 0.4) is 0 Å². The lowest BCUT2D eigenvalue weighted by molar-refractivity contribution is 0.0488. The number of ether oxygens (including phenoxy) is 6. The molecule has 0 fully saturated rings. The van der Waals surface area contributed by atoms with Crippen molar-refractivity contribution in [1.29, 1.82) is 0 Å². The van der Waals surface area contributed by atoms with E-state index in [1.807, 2.05) is 36.4 Å². The van der Waals surface area contributed by atoms with Crippen LogP contribution in [0.25, 0.3) is 0 Å². The fraction of sp³-hybridized carbons (Fsp3) is 0.368. The average Bonchev–Trinajstić information content (AvgIpc) is 3.06. The molecule has 9 nitrogen and oxygen atoms in total. The smallest absolute Gasteiger partial charge is 0.407 e. The van der Waals surface area contributed by atoms with Crippen molar-refractivity contribution < 1.29 is 38.0 Å². The zero-order valence-electron chi connectivity index (χ0n) is 27.8. The summed E-state index contributed by atoms with van der Waals surface area (Å²) in [4.78, 5) is 22.9. The summed E-state index contributed by atoms with van der Waals surface area (Å²) in [5.74, 6) is 14.5. The minimum absolute atomic E-state index is 0.228. The highest BCUT2D eigenvalue weighted by molar-refractivity contribution is 5.75. The van der Waals surface area contributed by atoms with E-state index >= 15 is 0 Å². The molecule has 0 radical (unpaired) electrons. The van der Waals surface area contributed by atoms with E-state index < -0.39 is 11.7 Å². The van der Waals surface area contributed by atoms with Crippen LogP contribution >= 0.6 is 0 Å². The number of nitrogens with one attached hydrogen (secondary N) is 1. The molecule has 0 spiro atoms. The van der Waals surface area contributed by atoms with Gasteiger partial charge in [-0.25, -0.2) is 4.79 Å². The van der Waals surface area contributed by atoms with Gasteiger partial charge in [-0.1, -0.05) is 42.7 Å². The number of methoxy groups -OCH3 is 1. The van der Waals surface area contributed by atoms with Gasteiger partial charge >= 0.3 is 6.09 Å². The predicted molar refractivity (Wildman–Crippen MR) is 180 cm³/mol. The third-order valence-electron chi connectivity index (χ3n) is 6.14. The van der Waals surface area contributed by atoms with Crippen LogP contribution in [-0.2, 0) is 14.2 Å². The van der Waals surface area contributed by atoms with Crippen LogP contribution < -0.4 is 19.5 Å².